The van der Waals surface area contributed by atoms with Gasteiger partial charge in [-0.3, -0.25) is 0 Å². The van der Waals surface area contributed by atoms with Crippen LogP contribution in [-0.4, -0.2) is 5.11 Å². The molecule has 0 heterocycles. The first-order valence-electron chi connectivity index (χ1n) is 4.30. The van der Waals surface area contributed by atoms with E-state index in [-0.39, 0.29) is 11.8 Å². The highest BCUT2D eigenvalue weighted by molar-refractivity contribution is 6.32. The van der Waals surface area contributed by atoms with Crippen LogP contribution in [0.25, 0.3) is 0 Å². The van der Waals surface area contributed by atoms with Crippen LogP contribution in [0.2, 0.25) is 5.02 Å². The minimum atomic E-state index is -0.141. The summed E-state index contributed by atoms with van der Waals surface area (Å²) in [6.45, 7) is 3.90. The largest absolute Gasteiger partial charge is 0.506 e. The van der Waals surface area contributed by atoms with Gasteiger partial charge in [0, 0.05) is 11.6 Å². The molecule has 0 aliphatic heterocycles. The number of aromatic hydroxyl groups is 1. The fourth-order valence-corrected chi connectivity index (χ4v) is 1.55. The Labute approximate surface area is 83.3 Å². The molecule has 1 aromatic rings. The molecule has 0 radical (unpaired) electrons. The lowest BCUT2D eigenvalue weighted by atomic mass is 10.0. The normalized spacial score (nSPS) is 12.9. The molecule has 1 atom stereocenters. The Morgan fingerprint density at radius 2 is 2.15 bits per heavy atom. The van der Waals surface area contributed by atoms with Crippen LogP contribution in [0.4, 0.5) is 0 Å². The Kier molecular flexibility index (Phi) is 3.17. The summed E-state index contributed by atoms with van der Waals surface area (Å²) >= 11 is 5.81. The number of phenols is 1. The maximum Gasteiger partial charge on any atom is 0.138 e. The summed E-state index contributed by atoms with van der Waals surface area (Å²) in [7, 11) is 0. The standard InChI is InChI=1S/C10H14ClNO/c1-3-9(12)7-4-6(2)5-8(11)10(7)13/h4-5,9,13H,3,12H2,1-2H3. The quantitative estimate of drug-likeness (QED) is 0.770. The van der Waals surface area contributed by atoms with Gasteiger partial charge >= 0.3 is 0 Å². The molecular weight excluding hydrogens is 186 g/mol. The summed E-state index contributed by atoms with van der Waals surface area (Å²) in [6.07, 6.45) is 0.785. The topological polar surface area (TPSA) is 46.2 Å². The zero-order valence-corrected chi connectivity index (χ0v) is 8.60. The SMILES string of the molecule is CCC(N)c1cc(C)cc(Cl)c1O. The molecule has 0 aromatic heterocycles. The van der Waals surface area contributed by atoms with Crippen LogP contribution in [0, 0.1) is 6.92 Å². The average molecular weight is 200 g/mol. The first-order chi connectivity index (χ1) is 6.06. The van der Waals surface area contributed by atoms with Gasteiger partial charge in [0.05, 0.1) is 5.02 Å². The Morgan fingerprint density at radius 1 is 1.54 bits per heavy atom. The van der Waals surface area contributed by atoms with E-state index >= 15 is 0 Å². The second kappa shape index (κ2) is 3.99. The van der Waals surface area contributed by atoms with Crippen molar-refractivity contribution in [2.75, 3.05) is 0 Å². The van der Waals surface area contributed by atoms with Crippen LogP contribution in [-0.2, 0) is 0 Å². The molecule has 0 amide bonds. The lowest BCUT2D eigenvalue weighted by Gasteiger charge is -2.13. The van der Waals surface area contributed by atoms with Gasteiger partial charge in [0.15, 0.2) is 0 Å². The highest BCUT2D eigenvalue weighted by atomic mass is 35.5. The first-order valence-corrected chi connectivity index (χ1v) is 4.68. The molecule has 1 unspecified atom stereocenters. The van der Waals surface area contributed by atoms with Crippen molar-refractivity contribution in [1.29, 1.82) is 0 Å². The number of hydrogen-bond acceptors (Lipinski definition) is 2. The molecule has 0 bridgehead atoms. The number of aryl methyl sites for hydroxylation is 1. The molecule has 0 aliphatic carbocycles. The molecule has 0 fully saturated rings. The molecule has 0 saturated heterocycles. The number of halogens is 1. The summed E-state index contributed by atoms with van der Waals surface area (Å²) in [6, 6.07) is 3.45. The van der Waals surface area contributed by atoms with Crippen molar-refractivity contribution < 1.29 is 5.11 Å². The minimum Gasteiger partial charge on any atom is -0.506 e. The molecule has 1 rings (SSSR count). The average Bonchev–Trinajstić information content (AvgIpc) is 2.10. The van der Waals surface area contributed by atoms with Gasteiger partial charge in [-0.1, -0.05) is 24.6 Å². The molecule has 0 saturated carbocycles. The maximum atomic E-state index is 9.61. The van der Waals surface area contributed by atoms with Crippen molar-refractivity contribution in [2.45, 2.75) is 26.3 Å². The molecule has 72 valence electrons. The zero-order chi connectivity index (χ0) is 10.0. The third-order valence-corrected chi connectivity index (χ3v) is 2.36. The van der Waals surface area contributed by atoms with Crippen LogP contribution in [0.15, 0.2) is 12.1 Å². The van der Waals surface area contributed by atoms with E-state index in [9.17, 15) is 5.11 Å². The molecule has 1 aromatic carbocycles. The van der Waals surface area contributed by atoms with E-state index in [1.54, 1.807) is 6.07 Å². The highest BCUT2D eigenvalue weighted by Crippen LogP contribution is 2.32. The number of hydrogen-bond donors (Lipinski definition) is 2. The predicted molar refractivity (Wildman–Crippen MR) is 55.1 cm³/mol. The van der Waals surface area contributed by atoms with Gasteiger partial charge in [-0.05, 0) is 25.0 Å². The number of nitrogens with two attached hydrogens (primary N) is 1. The molecule has 0 aliphatic rings. The molecule has 3 N–H and O–H groups in total. The Balaban J connectivity index is 3.20. The molecule has 0 spiro atoms. The van der Waals surface area contributed by atoms with E-state index in [1.807, 2.05) is 19.9 Å². The third-order valence-electron chi connectivity index (χ3n) is 2.08. The summed E-state index contributed by atoms with van der Waals surface area (Å²) in [4.78, 5) is 0. The van der Waals surface area contributed by atoms with Crippen molar-refractivity contribution >= 4 is 11.6 Å². The predicted octanol–water partition coefficient (Wildman–Crippen LogP) is 2.76. The molecule has 2 nitrogen and oxygen atoms in total. The second-order valence-electron chi connectivity index (χ2n) is 3.20. The van der Waals surface area contributed by atoms with E-state index in [0.717, 1.165) is 17.5 Å². The van der Waals surface area contributed by atoms with Crippen LogP contribution >= 0.6 is 11.6 Å². The number of rotatable bonds is 2. The van der Waals surface area contributed by atoms with Crippen LogP contribution in [0.1, 0.15) is 30.5 Å². The van der Waals surface area contributed by atoms with Gasteiger partial charge in [-0.2, -0.15) is 0 Å². The van der Waals surface area contributed by atoms with E-state index < -0.39 is 0 Å². The van der Waals surface area contributed by atoms with Gasteiger partial charge in [0.2, 0.25) is 0 Å². The van der Waals surface area contributed by atoms with E-state index in [1.165, 1.54) is 0 Å². The number of phenolic OH excluding ortho intramolecular Hbond substituents is 1. The van der Waals surface area contributed by atoms with Gasteiger partial charge in [-0.25, -0.2) is 0 Å². The Morgan fingerprint density at radius 3 is 2.69 bits per heavy atom. The fraction of sp³-hybridized carbons (Fsp3) is 0.400. The van der Waals surface area contributed by atoms with Crippen molar-refractivity contribution in [2.24, 2.45) is 5.73 Å². The Bertz CT molecular complexity index is 312. The molecule has 13 heavy (non-hydrogen) atoms. The van der Waals surface area contributed by atoms with Gasteiger partial charge in [0.25, 0.3) is 0 Å². The van der Waals surface area contributed by atoms with E-state index in [2.05, 4.69) is 0 Å². The van der Waals surface area contributed by atoms with Crippen LogP contribution in [0.3, 0.4) is 0 Å². The number of benzene rings is 1. The summed E-state index contributed by atoms with van der Waals surface area (Å²) in [5, 5.41) is 9.99. The van der Waals surface area contributed by atoms with Crippen LogP contribution in [0.5, 0.6) is 5.75 Å². The lowest BCUT2D eigenvalue weighted by molar-refractivity contribution is 0.460. The highest BCUT2D eigenvalue weighted by Gasteiger charge is 2.12. The van der Waals surface area contributed by atoms with Gasteiger partial charge in [-0.15, -0.1) is 0 Å². The van der Waals surface area contributed by atoms with Crippen molar-refractivity contribution in [3.63, 3.8) is 0 Å². The minimum absolute atomic E-state index is 0.113. The molecular formula is C10H14ClNO. The smallest absolute Gasteiger partial charge is 0.138 e. The lowest BCUT2D eigenvalue weighted by Crippen LogP contribution is -2.09. The molecule has 3 heteroatoms. The monoisotopic (exact) mass is 199 g/mol. The fourth-order valence-electron chi connectivity index (χ4n) is 1.26. The first kappa shape index (κ1) is 10.4. The van der Waals surface area contributed by atoms with Gasteiger partial charge in [0.1, 0.15) is 5.75 Å². The summed E-state index contributed by atoms with van der Waals surface area (Å²) < 4.78 is 0. The zero-order valence-electron chi connectivity index (χ0n) is 7.84. The van der Waals surface area contributed by atoms with Crippen molar-refractivity contribution in [1.82, 2.24) is 0 Å². The van der Waals surface area contributed by atoms with Crippen LogP contribution < -0.4 is 5.73 Å². The van der Waals surface area contributed by atoms with E-state index in [4.69, 9.17) is 17.3 Å². The maximum absolute atomic E-state index is 9.61. The summed E-state index contributed by atoms with van der Waals surface area (Å²) in [5.74, 6) is 0.113. The van der Waals surface area contributed by atoms with Crippen molar-refractivity contribution in [3.8, 4) is 5.75 Å². The van der Waals surface area contributed by atoms with E-state index in [0.29, 0.717) is 5.02 Å². The Hall–Kier alpha value is -0.730. The third kappa shape index (κ3) is 2.14. The summed E-state index contributed by atoms with van der Waals surface area (Å²) in [5.41, 5.74) is 7.56. The second-order valence-corrected chi connectivity index (χ2v) is 3.61. The van der Waals surface area contributed by atoms with Gasteiger partial charge < -0.3 is 10.8 Å². The van der Waals surface area contributed by atoms with Crippen molar-refractivity contribution in [3.05, 3.63) is 28.3 Å².